The minimum atomic E-state index is -2.07. The molecule has 1 spiro atoms. The van der Waals surface area contributed by atoms with E-state index in [9.17, 15) is 20.1 Å². The summed E-state index contributed by atoms with van der Waals surface area (Å²) in [7, 11) is 0. The van der Waals surface area contributed by atoms with E-state index in [1.54, 1.807) is 44.2 Å². The normalized spacial score (nSPS) is 23.8. The fourth-order valence-electron chi connectivity index (χ4n) is 4.88. The summed E-state index contributed by atoms with van der Waals surface area (Å²) in [6.07, 6.45) is 5.52. The summed E-state index contributed by atoms with van der Waals surface area (Å²) in [5, 5.41) is 33.0. The number of ketones is 1. The molecule has 3 N–H and O–H groups in total. The van der Waals surface area contributed by atoms with Gasteiger partial charge in [0.05, 0.1) is 0 Å². The van der Waals surface area contributed by atoms with Gasteiger partial charge in [0, 0.05) is 18.4 Å². The molecule has 0 bridgehead atoms. The molecule has 0 fully saturated rings. The van der Waals surface area contributed by atoms with Crippen LogP contribution in [-0.4, -0.2) is 32.5 Å². The highest BCUT2D eigenvalue weighted by atomic mass is 16.7. The van der Waals surface area contributed by atoms with E-state index < -0.39 is 17.2 Å². The molecule has 6 nitrogen and oxygen atoms in total. The molecule has 2 aromatic rings. The largest absolute Gasteiger partial charge is 0.507 e. The Bertz CT molecular complexity index is 1220. The third kappa shape index (κ3) is 4.55. The SMILES string of the molecule is CC1=CC(=O)[C@](O)(Cc2ccc(C(C)=CCCC(C)C)c(O)c2)[C@]2(C1)Oc1cc(C)cc(O)c1O2. The number of hydrogen-bond donors (Lipinski definition) is 3. The zero-order valence-electron chi connectivity index (χ0n) is 21.0. The Kier molecular flexibility index (Phi) is 6.45. The number of ether oxygens (including phenoxy) is 2. The highest BCUT2D eigenvalue weighted by Gasteiger charge is 2.64. The highest BCUT2D eigenvalue weighted by molar-refractivity contribution is 6.00. The topological polar surface area (TPSA) is 96.2 Å². The predicted octanol–water partition coefficient (Wildman–Crippen LogP) is 5.61. The lowest BCUT2D eigenvalue weighted by atomic mass is 9.75. The zero-order valence-corrected chi connectivity index (χ0v) is 21.0. The van der Waals surface area contributed by atoms with E-state index in [1.807, 2.05) is 6.92 Å². The second kappa shape index (κ2) is 9.08. The van der Waals surface area contributed by atoms with Gasteiger partial charge in [-0.1, -0.05) is 37.6 Å². The number of aliphatic hydroxyl groups is 1. The molecule has 0 unspecified atom stereocenters. The van der Waals surface area contributed by atoms with Crippen LogP contribution < -0.4 is 9.47 Å². The Morgan fingerprint density at radius 1 is 1.11 bits per heavy atom. The van der Waals surface area contributed by atoms with E-state index in [4.69, 9.17) is 9.47 Å². The predicted molar refractivity (Wildman–Crippen MR) is 135 cm³/mol. The fourth-order valence-corrected chi connectivity index (χ4v) is 4.88. The quantitative estimate of drug-likeness (QED) is 0.500. The molecule has 1 aliphatic carbocycles. The summed E-state index contributed by atoms with van der Waals surface area (Å²) >= 11 is 0. The Morgan fingerprint density at radius 2 is 1.86 bits per heavy atom. The Hall–Kier alpha value is -3.25. The standard InChI is InChI=1S/C29H34O6/c1-17(2)7-6-8-20(5)22-10-9-21(14-23(22)30)16-28(33)26(32)13-19(4)15-29(28)34-25-12-18(3)11-24(31)27(25)35-29/h8-14,17,30-31,33H,6-7,15-16H2,1-5H3/t28-,29-/m1/s1. The van der Waals surface area contributed by atoms with E-state index in [2.05, 4.69) is 19.9 Å². The molecule has 1 heterocycles. The van der Waals surface area contributed by atoms with Crippen molar-refractivity contribution < 1.29 is 29.6 Å². The summed E-state index contributed by atoms with van der Waals surface area (Å²) in [5.74, 6) is -1.30. The van der Waals surface area contributed by atoms with Gasteiger partial charge < -0.3 is 24.8 Å². The number of allylic oxidation sites excluding steroid dienone is 2. The number of fused-ring (bicyclic) bond motifs is 1. The van der Waals surface area contributed by atoms with Gasteiger partial charge in [-0.2, -0.15) is 0 Å². The summed E-state index contributed by atoms with van der Waals surface area (Å²) in [6.45, 7) is 9.89. The average molecular weight is 479 g/mol. The molecule has 4 rings (SSSR count). The van der Waals surface area contributed by atoms with Gasteiger partial charge in [0.1, 0.15) is 5.75 Å². The lowest BCUT2D eigenvalue weighted by Crippen LogP contribution is -2.66. The van der Waals surface area contributed by atoms with Gasteiger partial charge in [0.2, 0.25) is 11.4 Å². The first-order valence-corrected chi connectivity index (χ1v) is 12.1. The summed E-state index contributed by atoms with van der Waals surface area (Å²) in [4.78, 5) is 13.2. The van der Waals surface area contributed by atoms with Crippen LogP contribution in [0.25, 0.3) is 5.57 Å². The van der Waals surface area contributed by atoms with Crippen LogP contribution in [0.4, 0.5) is 0 Å². The van der Waals surface area contributed by atoms with Crippen molar-refractivity contribution in [3.8, 4) is 23.0 Å². The van der Waals surface area contributed by atoms with Crippen LogP contribution in [0.1, 0.15) is 63.6 Å². The van der Waals surface area contributed by atoms with E-state index in [1.165, 1.54) is 6.08 Å². The van der Waals surface area contributed by atoms with Crippen LogP contribution in [0.3, 0.4) is 0 Å². The van der Waals surface area contributed by atoms with Gasteiger partial charge in [0.25, 0.3) is 5.79 Å². The molecule has 2 atom stereocenters. The number of phenols is 2. The van der Waals surface area contributed by atoms with Crippen LogP contribution in [0.2, 0.25) is 0 Å². The third-order valence-electron chi connectivity index (χ3n) is 6.79. The summed E-state index contributed by atoms with van der Waals surface area (Å²) in [6, 6.07) is 8.42. The first-order chi connectivity index (χ1) is 16.4. The maximum absolute atomic E-state index is 13.2. The maximum atomic E-state index is 13.2. The van der Waals surface area contributed by atoms with Crippen LogP contribution in [0.15, 0.2) is 48.1 Å². The van der Waals surface area contributed by atoms with Crippen LogP contribution in [0.5, 0.6) is 23.0 Å². The van der Waals surface area contributed by atoms with Crippen molar-refractivity contribution in [1.82, 2.24) is 0 Å². The van der Waals surface area contributed by atoms with E-state index >= 15 is 0 Å². The number of carbonyl (C=O) groups is 1. The number of aryl methyl sites for hydroxylation is 1. The lowest BCUT2D eigenvalue weighted by molar-refractivity contribution is -0.217. The number of hydrogen-bond acceptors (Lipinski definition) is 6. The first kappa shape index (κ1) is 24.9. The van der Waals surface area contributed by atoms with E-state index in [0.717, 1.165) is 24.0 Å². The van der Waals surface area contributed by atoms with Crippen molar-refractivity contribution in [3.05, 3.63) is 64.7 Å². The summed E-state index contributed by atoms with van der Waals surface area (Å²) < 4.78 is 12.2. The molecule has 2 aliphatic rings. The Balaban J connectivity index is 1.66. The van der Waals surface area contributed by atoms with Crippen LogP contribution >= 0.6 is 0 Å². The Morgan fingerprint density at radius 3 is 2.54 bits per heavy atom. The Labute approximate surface area is 206 Å². The second-order valence-corrected chi connectivity index (χ2v) is 10.3. The third-order valence-corrected chi connectivity index (χ3v) is 6.79. The minimum Gasteiger partial charge on any atom is -0.507 e. The number of aromatic hydroxyl groups is 2. The fraction of sp³-hybridized carbons (Fsp3) is 0.414. The van der Waals surface area contributed by atoms with Crippen molar-refractivity contribution in [3.63, 3.8) is 0 Å². The first-order valence-electron chi connectivity index (χ1n) is 12.1. The molecule has 0 amide bonds. The second-order valence-electron chi connectivity index (χ2n) is 10.3. The van der Waals surface area contributed by atoms with E-state index in [-0.39, 0.29) is 35.8 Å². The van der Waals surface area contributed by atoms with Gasteiger partial charge in [-0.25, -0.2) is 0 Å². The molecule has 6 heteroatoms. The average Bonchev–Trinajstić information content (AvgIpc) is 3.11. The molecule has 0 saturated heterocycles. The molecule has 0 saturated carbocycles. The zero-order chi connectivity index (χ0) is 25.5. The highest BCUT2D eigenvalue weighted by Crippen LogP contribution is 2.53. The molecule has 0 radical (unpaired) electrons. The van der Waals surface area contributed by atoms with Crippen LogP contribution in [-0.2, 0) is 11.2 Å². The van der Waals surface area contributed by atoms with Gasteiger partial charge in [0.15, 0.2) is 17.3 Å². The van der Waals surface area contributed by atoms with Crippen molar-refractivity contribution in [2.45, 2.75) is 71.7 Å². The molecular weight excluding hydrogens is 444 g/mol. The molecule has 0 aromatic heterocycles. The number of phenolic OH excluding ortho intramolecular Hbond substituents is 2. The molecule has 186 valence electrons. The monoisotopic (exact) mass is 478 g/mol. The van der Waals surface area contributed by atoms with Gasteiger partial charge in [-0.15, -0.1) is 0 Å². The number of rotatable bonds is 6. The van der Waals surface area contributed by atoms with Crippen molar-refractivity contribution in [1.29, 1.82) is 0 Å². The minimum absolute atomic E-state index is 0.0817. The number of benzene rings is 2. The maximum Gasteiger partial charge on any atom is 0.292 e. The van der Waals surface area contributed by atoms with Crippen molar-refractivity contribution >= 4 is 11.4 Å². The lowest BCUT2D eigenvalue weighted by Gasteiger charge is -2.43. The van der Waals surface area contributed by atoms with Crippen molar-refractivity contribution in [2.24, 2.45) is 5.92 Å². The van der Waals surface area contributed by atoms with E-state index in [0.29, 0.717) is 22.6 Å². The molecule has 1 aliphatic heterocycles. The smallest absolute Gasteiger partial charge is 0.292 e. The summed E-state index contributed by atoms with van der Waals surface area (Å²) in [5.41, 5.74) is 1.64. The number of carbonyl (C=O) groups excluding carboxylic acids is 1. The van der Waals surface area contributed by atoms with Gasteiger partial charge in [-0.05, 0) is 80.5 Å². The van der Waals surface area contributed by atoms with Crippen LogP contribution in [0, 0.1) is 12.8 Å². The molecule has 35 heavy (non-hydrogen) atoms. The molecule has 2 aromatic carbocycles. The van der Waals surface area contributed by atoms with Gasteiger partial charge >= 0.3 is 0 Å². The molecular formula is C29H34O6. The van der Waals surface area contributed by atoms with Crippen molar-refractivity contribution in [2.75, 3.05) is 0 Å². The van der Waals surface area contributed by atoms with Gasteiger partial charge in [-0.3, -0.25) is 4.79 Å².